The van der Waals surface area contributed by atoms with Gasteiger partial charge in [0.2, 0.25) is 5.91 Å². The number of hydrogen-bond donors (Lipinski definition) is 0. The predicted molar refractivity (Wildman–Crippen MR) is 121 cm³/mol. The van der Waals surface area contributed by atoms with Gasteiger partial charge in [0.1, 0.15) is 6.54 Å². The second kappa shape index (κ2) is 7.80. The van der Waals surface area contributed by atoms with Crippen molar-refractivity contribution < 1.29 is 13.2 Å². The van der Waals surface area contributed by atoms with Gasteiger partial charge in [0, 0.05) is 19.6 Å². The average Bonchev–Trinajstić information content (AvgIpc) is 3.41. The maximum atomic E-state index is 13.4. The minimum Gasteiger partial charge on any atom is -0.341 e. The molecule has 9 heteroatoms. The monoisotopic (exact) mass is 457 g/mol. The maximum absolute atomic E-state index is 13.4. The fourth-order valence-corrected chi connectivity index (χ4v) is 7.01. The van der Waals surface area contributed by atoms with Crippen LogP contribution in [0, 0.1) is 0 Å². The molecule has 31 heavy (non-hydrogen) atoms. The molecule has 0 N–H and O–H groups in total. The van der Waals surface area contributed by atoms with Gasteiger partial charge in [-0.1, -0.05) is 29.5 Å². The van der Waals surface area contributed by atoms with E-state index in [-0.39, 0.29) is 22.2 Å². The van der Waals surface area contributed by atoms with Gasteiger partial charge in [-0.25, -0.2) is 8.42 Å². The Balaban J connectivity index is 1.49. The first-order valence-electron chi connectivity index (χ1n) is 10.5. The molecule has 0 radical (unpaired) electrons. The number of carbonyl (C=O) groups excluding carboxylic acids is 1. The highest BCUT2D eigenvalue weighted by Gasteiger charge is 2.29. The molecule has 2 aliphatic heterocycles. The summed E-state index contributed by atoms with van der Waals surface area (Å²) >= 11 is 0.980. The Morgan fingerprint density at radius 2 is 1.77 bits per heavy atom. The molecule has 0 unspecified atom stereocenters. The molecule has 2 aliphatic rings. The molecule has 5 rings (SSSR count). The van der Waals surface area contributed by atoms with Crippen molar-refractivity contribution in [2.24, 2.45) is 0 Å². The van der Waals surface area contributed by atoms with E-state index >= 15 is 0 Å². The van der Waals surface area contributed by atoms with Gasteiger partial charge >= 0.3 is 4.87 Å². The Morgan fingerprint density at radius 3 is 2.58 bits per heavy atom. The van der Waals surface area contributed by atoms with Crippen LogP contribution in [0.15, 0.2) is 52.2 Å². The molecule has 1 aromatic heterocycles. The molecular formula is C22H23N3O4S2. The number of anilines is 1. The standard InChI is InChI=1S/C22H23N3O4S2/c26-21(23-11-3-4-12-23)15-24-19-10-9-17(14-20(19)30-22(24)27)31(28,29)25-13-5-7-16-6-1-2-8-18(16)25/h1-2,6,8-10,14H,3-5,7,11-13,15H2. The van der Waals surface area contributed by atoms with Crippen molar-refractivity contribution >= 4 is 43.2 Å². The number of amides is 1. The third-order valence-electron chi connectivity index (χ3n) is 6.05. The van der Waals surface area contributed by atoms with Crippen molar-refractivity contribution in [1.29, 1.82) is 0 Å². The van der Waals surface area contributed by atoms with Crippen molar-refractivity contribution in [3.8, 4) is 0 Å². The van der Waals surface area contributed by atoms with Crippen LogP contribution in [0.2, 0.25) is 0 Å². The van der Waals surface area contributed by atoms with E-state index in [1.165, 1.54) is 14.9 Å². The minimum absolute atomic E-state index is 0.00949. The van der Waals surface area contributed by atoms with Crippen LogP contribution in [-0.2, 0) is 27.8 Å². The number of sulfonamides is 1. The van der Waals surface area contributed by atoms with Crippen molar-refractivity contribution in [1.82, 2.24) is 9.47 Å². The van der Waals surface area contributed by atoms with Gasteiger partial charge in [-0.2, -0.15) is 0 Å². The molecule has 0 bridgehead atoms. The fraction of sp³-hybridized carbons (Fsp3) is 0.364. The Bertz CT molecular complexity index is 1320. The second-order valence-corrected chi connectivity index (χ2v) is 10.8. The van der Waals surface area contributed by atoms with Crippen LogP contribution in [-0.4, -0.2) is 43.4 Å². The Kier molecular flexibility index (Phi) is 5.10. The van der Waals surface area contributed by atoms with Crippen LogP contribution >= 0.6 is 11.3 Å². The molecule has 0 atom stereocenters. The van der Waals surface area contributed by atoms with E-state index in [1.807, 2.05) is 24.3 Å². The van der Waals surface area contributed by atoms with Gasteiger partial charge in [-0.3, -0.25) is 18.5 Å². The zero-order chi connectivity index (χ0) is 21.6. The largest absolute Gasteiger partial charge is 0.341 e. The van der Waals surface area contributed by atoms with Crippen molar-refractivity contribution in [3.63, 3.8) is 0 Å². The number of hydrogen-bond acceptors (Lipinski definition) is 5. The van der Waals surface area contributed by atoms with Crippen LogP contribution in [0.1, 0.15) is 24.8 Å². The van der Waals surface area contributed by atoms with Crippen LogP contribution in [0.3, 0.4) is 0 Å². The minimum atomic E-state index is -3.75. The van der Waals surface area contributed by atoms with E-state index in [9.17, 15) is 18.0 Å². The Labute approximate surface area is 184 Å². The van der Waals surface area contributed by atoms with Gasteiger partial charge < -0.3 is 4.90 Å². The highest BCUT2D eigenvalue weighted by atomic mass is 32.2. The SMILES string of the molecule is O=C(Cn1c(=O)sc2cc(S(=O)(=O)N3CCCc4ccccc43)ccc21)N1CCCC1. The van der Waals surface area contributed by atoms with Crippen LogP contribution in [0.25, 0.3) is 10.2 Å². The first kappa shape index (κ1) is 20.3. The molecule has 7 nitrogen and oxygen atoms in total. The number of para-hydroxylation sites is 1. The number of aromatic nitrogens is 1. The lowest BCUT2D eigenvalue weighted by Crippen LogP contribution is -2.35. The van der Waals surface area contributed by atoms with E-state index < -0.39 is 10.0 Å². The van der Waals surface area contributed by atoms with E-state index in [0.29, 0.717) is 16.8 Å². The lowest BCUT2D eigenvalue weighted by atomic mass is 10.0. The summed E-state index contributed by atoms with van der Waals surface area (Å²) in [5.74, 6) is -0.0686. The van der Waals surface area contributed by atoms with E-state index in [2.05, 4.69) is 0 Å². The molecule has 0 spiro atoms. The van der Waals surface area contributed by atoms with Gasteiger partial charge in [-0.05, 0) is 55.5 Å². The Hall–Kier alpha value is -2.65. The Morgan fingerprint density at radius 1 is 1.00 bits per heavy atom. The maximum Gasteiger partial charge on any atom is 0.308 e. The van der Waals surface area contributed by atoms with Gasteiger partial charge in [0.05, 0.1) is 20.8 Å². The first-order valence-corrected chi connectivity index (χ1v) is 12.7. The average molecular weight is 458 g/mol. The molecule has 0 aliphatic carbocycles. The number of benzene rings is 2. The van der Waals surface area contributed by atoms with Crippen LogP contribution < -0.4 is 9.18 Å². The molecule has 0 saturated carbocycles. The summed E-state index contributed by atoms with van der Waals surface area (Å²) in [6, 6.07) is 12.3. The fourth-order valence-electron chi connectivity index (χ4n) is 4.43. The third-order valence-corrected chi connectivity index (χ3v) is 8.80. The molecule has 1 fully saturated rings. The zero-order valence-corrected chi connectivity index (χ0v) is 18.6. The summed E-state index contributed by atoms with van der Waals surface area (Å²) in [5, 5.41) is 0. The first-order chi connectivity index (χ1) is 14.9. The number of aryl methyl sites for hydroxylation is 1. The predicted octanol–water partition coefficient (Wildman–Crippen LogP) is 2.83. The smallest absolute Gasteiger partial charge is 0.308 e. The van der Waals surface area contributed by atoms with Crippen LogP contribution in [0.5, 0.6) is 0 Å². The van der Waals surface area contributed by atoms with E-state index in [4.69, 9.17) is 0 Å². The molecule has 3 heterocycles. The summed E-state index contributed by atoms with van der Waals surface area (Å²) < 4.78 is 30.3. The van der Waals surface area contributed by atoms with E-state index in [1.54, 1.807) is 17.0 Å². The molecular weight excluding hydrogens is 434 g/mol. The topological polar surface area (TPSA) is 79.7 Å². The lowest BCUT2D eigenvalue weighted by Gasteiger charge is -2.30. The summed E-state index contributed by atoms with van der Waals surface area (Å²) in [7, 11) is -3.75. The molecule has 162 valence electrons. The summed E-state index contributed by atoms with van der Waals surface area (Å²) in [4.78, 5) is 26.8. The van der Waals surface area contributed by atoms with E-state index in [0.717, 1.165) is 61.4 Å². The quantitative estimate of drug-likeness (QED) is 0.604. The number of fused-ring (bicyclic) bond motifs is 2. The highest BCUT2D eigenvalue weighted by molar-refractivity contribution is 7.92. The third kappa shape index (κ3) is 3.55. The summed E-state index contributed by atoms with van der Waals surface area (Å²) in [6.07, 6.45) is 3.61. The van der Waals surface area contributed by atoms with Gasteiger partial charge in [0.25, 0.3) is 10.0 Å². The van der Waals surface area contributed by atoms with Crippen molar-refractivity contribution in [2.75, 3.05) is 23.9 Å². The number of likely N-dealkylation sites (tertiary alicyclic amines) is 1. The normalized spacial score (nSPS) is 16.6. The lowest BCUT2D eigenvalue weighted by molar-refractivity contribution is -0.130. The molecule has 3 aromatic rings. The number of nitrogens with zero attached hydrogens (tertiary/aromatic N) is 3. The van der Waals surface area contributed by atoms with Crippen molar-refractivity contribution in [2.45, 2.75) is 37.1 Å². The van der Waals surface area contributed by atoms with Gasteiger partial charge in [0.15, 0.2) is 0 Å². The molecule has 2 aromatic carbocycles. The molecule has 1 amide bonds. The van der Waals surface area contributed by atoms with Crippen molar-refractivity contribution in [3.05, 3.63) is 57.7 Å². The summed E-state index contributed by atoms with van der Waals surface area (Å²) in [5.41, 5.74) is 2.34. The van der Waals surface area contributed by atoms with Gasteiger partial charge in [-0.15, -0.1) is 0 Å². The summed E-state index contributed by atoms with van der Waals surface area (Å²) in [6.45, 7) is 1.88. The number of carbonyl (C=O) groups is 1. The number of thiazole rings is 1. The number of rotatable bonds is 4. The molecule has 1 saturated heterocycles. The highest BCUT2D eigenvalue weighted by Crippen LogP contribution is 2.33. The van der Waals surface area contributed by atoms with Crippen LogP contribution in [0.4, 0.5) is 5.69 Å². The second-order valence-electron chi connectivity index (χ2n) is 7.98. The zero-order valence-electron chi connectivity index (χ0n) is 17.0.